The van der Waals surface area contributed by atoms with E-state index in [4.69, 9.17) is 4.99 Å². The van der Waals surface area contributed by atoms with Crippen LogP contribution in [0.3, 0.4) is 0 Å². The van der Waals surface area contributed by atoms with Crippen LogP contribution in [-0.2, 0) is 0 Å². The molecule has 3 atom stereocenters. The summed E-state index contributed by atoms with van der Waals surface area (Å²) in [6.45, 7) is 4.47. The van der Waals surface area contributed by atoms with Crippen LogP contribution in [0.4, 0.5) is 0 Å². The molecule has 0 radical (unpaired) electrons. The first-order chi connectivity index (χ1) is 7.29. The molecule has 1 heterocycles. The van der Waals surface area contributed by atoms with Crippen molar-refractivity contribution in [3.63, 3.8) is 0 Å². The topological polar surface area (TPSA) is 24.4 Å². The summed E-state index contributed by atoms with van der Waals surface area (Å²) < 4.78 is 0. The first kappa shape index (κ1) is 11.6. The van der Waals surface area contributed by atoms with Gasteiger partial charge in [0, 0.05) is 17.0 Å². The van der Waals surface area contributed by atoms with E-state index in [0.717, 1.165) is 5.25 Å². The van der Waals surface area contributed by atoms with E-state index in [2.05, 4.69) is 30.9 Å². The molecule has 0 aromatic carbocycles. The fourth-order valence-corrected chi connectivity index (χ4v) is 4.35. The van der Waals surface area contributed by atoms with Crippen molar-refractivity contribution in [2.24, 2.45) is 4.99 Å². The maximum absolute atomic E-state index is 4.87. The van der Waals surface area contributed by atoms with Gasteiger partial charge in [-0.2, -0.15) is 11.8 Å². The molecule has 0 amide bonds. The van der Waals surface area contributed by atoms with E-state index in [0.29, 0.717) is 12.1 Å². The van der Waals surface area contributed by atoms with Crippen molar-refractivity contribution in [1.82, 2.24) is 5.32 Å². The average molecular weight is 244 g/mol. The predicted octanol–water partition coefficient (Wildman–Crippen LogP) is 2.74. The molecule has 2 fully saturated rings. The van der Waals surface area contributed by atoms with Crippen LogP contribution in [0.15, 0.2) is 4.99 Å². The molecule has 2 aliphatic rings. The Morgan fingerprint density at radius 1 is 1.53 bits per heavy atom. The van der Waals surface area contributed by atoms with Crippen molar-refractivity contribution in [2.75, 3.05) is 11.5 Å². The van der Waals surface area contributed by atoms with E-state index in [-0.39, 0.29) is 0 Å². The Labute approximate surface area is 101 Å². The maximum Gasteiger partial charge on any atom is 0.157 e. The number of nitrogens with zero attached hydrogens (tertiary/aromatic N) is 1. The smallest absolute Gasteiger partial charge is 0.157 e. The van der Waals surface area contributed by atoms with Gasteiger partial charge in [0.2, 0.25) is 0 Å². The third-order valence-electron chi connectivity index (χ3n) is 2.92. The van der Waals surface area contributed by atoms with Crippen LogP contribution in [0.2, 0.25) is 0 Å². The van der Waals surface area contributed by atoms with Crippen LogP contribution in [0.25, 0.3) is 0 Å². The summed E-state index contributed by atoms with van der Waals surface area (Å²) in [5, 5.41) is 5.42. The van der Waals surface area contributed by atoms with Gasteiger partial charge in [0.25, 0.3) is 0 Å². The molecule has 0 spiro atoms. The zero-order valence-corrected chi connectivity index (χ0v) is 11.2. The fraction of sp³-hybridized carbons (Fsp3) is 0.909. The Bertz CT molecular complexity index is 243. The first-order valence-corrected chi connectivity index (χ1v) is 7.91. The number of amidine groups is 1. The zero-order valence-electron chi connectivity index (χ0n) is 9.53. The quantitative estimate of drug-likeness (QED) is 0.826. The molecule has 0 bridgehead atoms. The SMILES string of the molecule is CCSC1CCCC1N=C1NC(C)CS1. The number of rotatable bonds is 3. The van der Waals surface area contributed by atoms with Crippen LogP contribution in [-0.4, -0.2) is 34.0 Å². The van der Waals surface area contributed by atoms with Gasteiger partial charge < -0.3 is 5.32 Å². The Morgan fingerprint density at radius 3 is 3.07 bits per heavy atom. The largest absolute Gasteiger partial charge is 0.362 e. The first-order valence-electron chi connectivity index (χ1n) is 5.88. The molecule has 0 aromatic heterocycles. The monoisotopic (exact) mass is 244 g/mol. The Hall–Kier alpha value is 0.170. The number of aliphatic imine (C=N–C) groups is 1. The van der Waals surface area contributed by atoms with Gasteiger partial charge in [0.15, 0.2) is 5.17 Å². The van der Waals surface area contributed by atoms with Gasteiger partial charge in [-0.1, -0.05) is 25.1 Å². The van der Waals surface area contributed by atoms with Gasteiger partial charge in [0.05, 0.1) is 6.04 Å². The molecule has 1 saturated heterocycles. The second-order valence-corrected chi connectivity index (χ2v) is 6.81. The highest BCUT2D eigenvalue weighted by molar-refractivity contribution is 8.14. The van der Waals surface area contributed by atoms with Crippen molar-refractivity contribution in [1.29, 1.82) is 0 Å². The lowest BCUT2D eigenvalue weighted by Gasteiger charge is -2.15. The summed E-state index contributed by atoms with van der Waals surface area (Å²) in [6.07, 6.45) is 4.01. The second-order valence-electron chi connectivity index (χ2n) is 4.28. The van der Waals surface area contributed by atoms with Gasteiger partial charge in [-0.05, 0) is 25.5 Å². The number of hydrogen-bond donors (Lipinski definition) is 1. The van der Waals surface area contributed by atoms with E-state index < -0.39 is 0 Å². The van der Waals surface area contributed by atoms with E-state index in [9.17, 15) is 0 Å². The summed E-state index contributed by atoms with van der Waals surface area (Å²) in [7, 11) is 0. The van der Waals surface area contributed by atoms with Crippen molar-refractivity contribution in [2.45, 2.75) is 50.4 Å². The van der Waals surface area contributed by atoms with Gasteiger partial charge in [-0.3, -0.25) is 4.99 Å². The van der Waals surface area contributed by atoms with Crippen LogP contribution in [0.5, 0.6) is 0 Å². The van der Waals surface area contributed by atoms with Crippen molar-refractivity contribution >= 4 is 28.7 Å². The summed E-state index contributed by atoms with van der Waals surface area (Å²) in [5.74, 6) is 2.40. The lowest BCUT2D eigenvalue weighted by atomic mass is 10.3. The van der Waals surface area contributed by atoms with Gasteiger partial charge in [-0.15, -0.1) is 0 Å². The summed E-state index contributed by atoms with van der Waals surface area (Å²) in [6, 6.07) is 1.18. The van der Waals surface area contributed by atoms with E-state index in [1.807, 2.05) is 11.8 Å². The number of nitrogens with one attached hydrogen (secondary N) is 1. The van der Waals surface area contributed by atoms with Crippen molar-refractivity contribution in [3.05, 3.63) is 0 Å². The van der Waals surface area contributed by atoms with Crippen LogP contribution in [0, 0.1) is 0 Å². The molecular formula is C11H20N2S2. The molecule has 1 saturated carbocycles. The standard InChI is InChI=1S/C11H20N2S2/c1-3-14-10-6-4-5-9(10)13-11-12-8(2)7-15-11/h8-10H,3-7H2,1-2H3,(H,12,13). The molecule has 2 rings (SSSR count). The van der Waals surface area contributed by atoms with Crippen LogP contribution in [0.1, 0.15) is 33.1 Å². The Kier molecular flexibility index (Phi) is 4.26. The summed E-state index contributed by atoms with van der Waals surface area (Å²) in [4.78, 5) is 4.87. The molecule has 1 aliphatic heterocycles. The third kappa shape index (κ3) is 3.06. The van der Waals surface area contributed by atoms with Crippen molar-refractivity contribution in [3.8, 4) is 0 Å². The van der Waals surface area contributed by atoms with Crippen molar-refractivity contribution < 1.29 is 0 Å². The zero-order chi connectivity index (χ0) is 10.7. The molecule has 0 aromatic rings. The number of hydrogen-bond acceptors (Lipinski definition) is 3. The van der Waals surface area contributed by atoms with Crippen LogP contribution >= 0.6 is 23.5 Å². The molecule has 15 heavy (non-hydrogen) atoms. The highest BCUT2D eigenvalue weighted by Gasteiger charge is 2.28. The Balaban J connectivity index is 1.92. The lowest BCUT2D eigenvalue weighted by molar-refractivity contribution is 0.704. The molecule has 1 aliphatic carbocycles. The molecule has 2 nitrogen and oxygen atoms in total. The predicted molar refractivity (Wildman–Crippen MR) is 72.0 cm³/mol. The minimum absolute atomic E-state index is 0.579. The Morgan fingerprint density at radius 2 is 2.40 bits per heavy atom. The minimum atomic E-state index is 0.579. The molecule has 86 valence electrons. The number of thioether (sulfide) groups is 2. The van der Waals surface area contributed by atoms with Gasteiger partial charge >= 0.3 is 0 Å². The highest BCUT2D eigenvalue weighted by Crippen LogP contribution is 2.33. The van der Waals surface area contributed by atoms with E-state index in [1.54, 1.807) is 0 Å². The summed E-state index contributed by atoms with van der Waals surface area (Å²) in [5.41, 5.74) is 0. The fourth-order valence-electron chi connectivity index (χ4n) is 2.19. The lowest BCUT2D eigenvalue weighted by Crippen LogP contribution is -2.25. The molecule has 4 heteroatoms. The van der Waals surface area contributed by atoms with E-state index >= 15 is 0 Å². The molecule has 1 N–H and O–H groups in total. The second kappa shape index (κ2) is 5.48. The summed E-state index contributed by atoms with van der Waals surface area (Å²) >= 11 is 3.97. The highest BCUT2D eigenvalue weighted by atomic mass is 32.2. The van der Waals surface area contributed by atoms with E-state index in [1.165, 1.54) is 35.9 Å². The third-order valence-corrected chi connectivity index (χ3v) is 5.40. The maximum atomic E-state index is 4.87. The molecular weight excluding hydrogens is 224 g/mol. The van der Waals surface area contributed by atoms with Crippen LogP contribution < -0.4 is 5.32 Å². The minimum Gasteiger partial charge on any atom is -0.362 e. The average Bonchev–Trinajstić information content (AvgIpc) is 2.78. The van der Waals surface area contributed by atoms with Gasteiger partial charge in [-0.25, -0.2) is 0 Å². The molecule has 3 unspecified atom stereocenters. The normalized spacial score (nSPS) is 38.5. The van der Waals surface area contributed by atoms with Gasteiger partial charge in [0.1, 0.15) is 0 Å².